The predicted octanol–water partition coefficient (Wildman–Crippen LogP) is 2.11. The van der Waals surface area contributed by atoms with Gasteiger partial charge in [-0.15, -0.1) is 0 Å². The van der Waals surface area contributed by atoms with Gasteiger partial charge in [0.25, 0.3) is 0 Å². The average molecular weight is 218 g/mol. The van der Waals surface area contributed by atoms with Crippen LogP contribution in [0.3, 0.4) is 0 Å². The Morgan fingerprint density at radius 3 is 2.75 bits per heavy atom. The fourth-order valence-corrected chi connectivity index (χ4v) is 1.32. The zero-order chi connectivity index (χ0) is 11.2. The van der Waals surface area contributed by atoms with E-state index in [0.717, 1.165) is 23.9 Å². The van der Waals surface area contributed by atoms with Crippen molar-refractivity contribution in [2.24, 2.45) is 0 Å². The largest absolute Gasteiger partial charge is 0.467 e. The SMILES string of the molecule is CCNc1cc(NCc2ccco2)ncn1. The molecule has 0 fully saturated rings. The molecule has 84 valence electrons. The minimum Gasteiger partial charge on any atom is -0.467 e. The molecule has 0 aliphatic carbocycles. The van der Waals surface area contributed by atoms with E-state index in [1.165, 1.54) is 6.33 Å². The van der Waals surface area contributed by atoms with Crippen LogP contribution < -0.4 is 10.6 Å². The highest BCUT2D eigenvalue weighted by Crippen LogP contribution is 2.10. The van der Waals surface area contributed by atoms with Gasteiger partial charge in [-0.25, -0.2) is 9.97 Å². The lowest BCUT2D eigenvalue weighted by Crippen LogP contribution is -2.04. The number of anilines is 2. The van der Waals surface area contributed by atoms with E-state index < -0.39 is 0 Å². The molecule has 0 saturated heterocycles. The molecule has 0 bridgehead atoms. The van der Waals surface area contributed by atoms with Crippen molar-refractivity contribution in [3.8, 4) is 0 Å². The third-order valence-corrected chi connectivity index (χ3v) is 2.05. The lowest BCUT2D eigenvalue weighted by Gasteiger charge is -2.05. The Hall–Kier alpha value is -2.04. The number of furan rings is 1. The zero-order valence-electron chi connectivity index (χ0n) is 9.10. The highest BCUT2D eigenvalue weighted by molar-refractivity contribution is 5.46. The molecule has 2 aromatic rings. The second-order valence-electron chi connectivity index (χ2n) is 3.25. The predicted molar refractivity (Wildman–Crippen MR) is 62.2 cm³/mol. The van der Waals surface area contributed by atoms with E-state index in [1.807, 2.05) is 25.1 Å². The second kappa shape index (κ2) is 5.16. The second-order valence-corrected chi connectivity index (χ2v) is 3.25. The van der Waals surface area contributed by atoms with Crippen LogP contribution in [0.15, 0.2) is 35.2 Å². The van der Waals surface area contributed by atoms with Gasteiger partial charge in [-0.1, -0.05) is 0 Å². The van der Waals surface area contributed by atoms with E-state index in [2.05, 4.69) is 20.6 Å². The summed E-state index contributed by atoms with van der Waals surface area (Å²) in [6.07, 6.45) is 3.18. The quantitative estimate of drug-likeness (QED) is 0.804. The van der Waals surface area contributed by atoms with Gasteiger partial charge in [0.05, 0.1) is 12.8 Å². The van der Waals surface area contributed by atoms with Gasteiger partial charge in [-0.2, -0.15) is 0 Å². The van der Waals surface area contributed by atoms with Crippen molar-refractivity contribution in [2.45, 2.75) is 13.5 Å². The molecule has 5 nitrogen and oxygen atoms in total. The van der Waals surface area contributed by atoms with E-state index >= 15 is 0 Å². The molecule has 0 amide bonds. The van der Waals surface area contributed by atoms with E-state index in [-0.39, 0.29) is 0 Å². The first-order valence-corrected chi connectivity index (χ1v) is 5.20. The van der Waals surface area contributed by atoms with Crippen LogP contribution in [-0.4, -0.2) is 16.5 Å². The Morgan fingerprint density at radius 1 is 1.25 bits per heavy atom. The van der Waals surface area contributed by atoms with E-state index in [4.69, 9.17) is 4.42 Å². The maximum absolute atomic E-state index is 5.21. The van der Waals surface area contributed by atoms with Gasteiger partial charge in [-0.3, -0.25) is 0 Å². The van der Waals surface area contributed by atoms with Crippen LogP contribution in [0.2, 0.25) is 0 Å². The first-order valence-electron chi connectivity index (χ1n) is 5.20. The molecular formula is C11H14N4O. The van der Waals surface area contributed by atoms with E-state index in [1.54, 1.807) is 6.26 Å². The van der Waals surface area contributed by atoms with Gasteiger partial charge in [0.2, 0.25) is 0 Å². The molecule has 0 aliphatic heterocycles. The summed E-state index contributed by atoms with van der Waals surface area (Å²) in [4.78, 5) is 8.21. The molecule has 2 heterocycles. The molecule has 0 unspecified atom stereocenters. The fraction of sp³-hybridized carbons (Fsp3) is 0.273. The Morgan fingerprint density at radius 2 is 2.06 bits per heavy atom. The summed E-state index contributed by atoms with van der Waals surface area (Å²) >= 11 is 0. The van der Waals surface area contributed by atoms with Gasteiger partial charge >= 0.3 is 0 Å². The topological polar surface area (TPSA) is 63.0 Å². The molecule has 2 rings (SSSR count). The van der Waals surface area contributed by atoms with Gasteiger partial charge < -0.3 is 15.1 Å². The third-order valence-electron chi connectivity index (χ3n) is 2.05. The Balaban J connectivity index is 1.96. The van der Waals surface area contributed by atoms with Crippen LogP contribution in [0.25, 0.3) is 0 Å². The van der Waals surface area contributed by atoms with Crippen LogP contribution in [0.5, 0.6) is 0 Å². The molecular weight excluding hydrogens is 204 g/mol. The van der Waals surface area contributed by atoms with Gasteiger partial charge in [0, 0.05) is 12.6 Å². The molecule has 0 radical (unpaired) electrons. The van der Waals surface area contributed by atoms with Crippen molar-refractivity contribution in [3.05, 3.63) is 36.5 Å². The number of nitrogens with one attached hydrogen (secondary N) is 2. The van der Waals surface area contributed by atoms with Crippen molar-refractivity contribution < 1.29 is 4.42 Å². The van der Waals surface area contributed by atoms with Crippen molar-refractivity contribution >= 4 is 11.6 Å². The monoisotopic (exact) mass is 218 g/mol. The summed E-state index contributed by atoms with van der Waals surface area (Å²) in [7, 11) is 0. The Labute approximate surface area is 93.9 Å². The number of aromatic nitrogens is 2. The fourth-order valence-electron chi connectivity index (χ4n) is 1.32. The maximum atomic E-state index is 5.21. The Bertz CT molecular complexity index is 427. The lowest BCUT2D eigenvalue weighted by molar-refractivity contribution is 0.518. The summed E-state index contributed by atoms with van der Waals surface area (Å²) in [5.74, 6) is 2.48. The first-order chi connectivity index (χ1) is 7.88. The van der Waals surface area contributed by atoms with Crippen molar-refractivity contribution in [3.63, 3.8) is 0 Å². The van der Waals surface area contributed by atoms with Crippen LogP contribution in [-0.2, 0) is 6.54 Å². The maximum Gasteiger partial charge on any atom is 0.131 e. The van der Waals surface area contributed by atoms with Gasteiger partial charge in [-0.05, 0) is 19.1 Å². The molecule has 0 atom stereocenters. The van der Waals surface area contributed by atoms with Crippen LogP contribution in [0, 0.1) is 0 Å². The summed E-state index contributed by atoms with van der Waals surface area (Å²) in [5.41, 5.74) is 0. The molecule has 2 N–H and O–H groups in total. The molecule has 16 heavy (non-hydrogen) atoms. The zero-order valence-corrected chi connectivity index (χ0v) is 9.10. The molecule has 2 aromatic heterocycles. The van der Waals surface area contributed by atoms with Crippen molar-refractivity contribution in [1.82, 2.24) is 9.97 Å². The summed E-state index contributed by atoms with van der Waals surface area (Å²) in [6, 6.07) is 5.65. The molecule has 0 saturated carbocycles. The average Bonchev–Trinajstić information content (AvgIpc) is 2.80. The number of rotatable bonds is 5. The third kappa shape index (κ3) is 2.73. The summed E-state index contributed by atoms with van der Waals surface area (Å²) in [6.45, 7) is 3.49. The summed E-state index contributed by atoms with van der Waals surface area (Å²) in [5, 5.41) is 6.29. The first kappa shape index (κ1) is 10.5. The minimum absolute atomic E-state index is 0.621. The highest BCUT2D eigenvalue weighted by atomic mass is 16.3. The molecule has 0 aliphatic rings. The number of nitrogens with zero attached hydrogens (tertiary/aromatic N) is 2. The number of hydrogen-bond acceptors (Lipinski definition) is 5. The normalized spacial score (nSPS) is 10.1. The minimum atomic E-state index is 0.621. The van der Waals surface area contributed by atoms with Crippen LogP contribution in [0.4, 0.5) is 11.6 Å². The lowest BCUT2D eigenvalue weighted by atomic mass is 10.4. The van der Waals surface area contributed by atoms with Gasteiger partial charge in [0.1, 0.15) is 23.7 Å². The highest BCUT2D eigenvalue weighted by Gasteiger charge is 1.99. The molecule has 0 aromatic carbocycles. The number of hydrogen-bond donors (Lipinski definition) is 2. The standard InChI is InChI=1S/C11H14N4O/c1-2-12-10-6-11(15-8-14-10)13-7-9-4-3-5-16-9/h3-6,8H,2,7H2,1H3,(H2,12,13,14,15). The van der Waals surface area contributed by atoms with E-state index in [0.29, 0.717) is 6.54 Å². The summed E-state index contributed by atoms with van der Waals surface area (Å²) < 4.78 is 5.21. The van der Waals surface area contributed by atoms with Crippen molar-refractivity contribution in [2.75, 3.05) is 17.2 Å². The molecule has 0 spiro atoms. The van der Waals surface area contributed by atoms with Crippen molar-refractivity contribution in [1.29, 1.82) is 0 Å². The molecule has 5 heteroatoms. The van der Waals surface area contributed by atoms with Gasteiger partial charge in [0.15, 0.2) is 0 Å². The van der Waals surface area contributed by atoms with E-state index in [9.17, 15) is 0 Å². The van der Waals surface area contributed by atoms with Crippen LogP contribution >= 0.6 is 0 Å². The Kier molecular flexibility index (Phi) is 3.38. The van der Waals surface area contributed by atoms with Crippen LogP contribution in [0.1, 0.15) is 12.7 Å². The smallest absolute Gasteiger partial charge is 0.131 e.